The molecule has 1 aliphatic rings. The van der Waals surface area contributed by atoms with E-state index in [9.17, 15) is 9.90 Å². The van der Waals surface area contributed by atoms with Crippen LogP contribution in [0.5, 0.6) is 0 Å². The van der Waals surface area contributed by atoms with Crippen LogP contribution in [0, 0.1) is 5.92 Å². The van der Waals surface area contributed by atoms with E-state index in [2.05, 4.69) is 19.1 Å². The number of aliphatic hydroxyl groups is 1. The zero-order valence-electron chi connectivity index (χ0n) is 21.6. The highest BCUT2D eigenvalue weighted by Gasteiger charge is 2.37. The second kappa shape index (κ2) is 17.5. The summed E-state index contributed by atoms with van der Waals surface area (Å²) in [4.78, 5) is 15.0. The predicted molar refractivity (Wildman–Crippen MR) is 151 cm³/mol. The molecule has 0 spiro atoms. The summed E-state index contributed by atoms with van der Waals surface area (Å²) >= 11 is 7.08. The maximum absolute atomic E-state index is 13.2. The van der Waals surface area contributed by atoms with E-state index < -0.39 is 12.0 Å². The van der Waals surface area contributed by atoms with Crippen LogP contribution in [0.25, 0.3) is 0 Å². The zero-order chi connectivity index (χ0) is 24.6. The summed E-state index contributed by atoms with van der Waals surface area (Å²) in [5, 5.41) is 10.7. The fraction of sp³-hybridized carbons (Fsp3) is 0.724. The number of thiocarbonyl (C=S) groups is 1. The van der Waals surface area contributed by atoms with Gasteiger partial charge in [0.1, 0.15) is 4.32 Å². The van der Waals surface area contributed by atoms with Crippen LogP contribution in [0.2, 0.25) is 0 Å². The van der Waals surface area contributed by atoms with Crippen molar-refractivity contribution in [2.75, 3.05) is 5.75 Å². The number of nitrogens with zero attached hydrogens (tertiary/aromatic N) is 1. The third-order valence-corrected chi connectivity index (χ3v) is 8.63. The van der Waals surface area contributed by atoms with Gasteiger partial charge in [-0.05, 0) is 18.4 Å². The van der Waals surface area contributed by atoms with Crippen LogP contribution >= 0.6 is 24.0 Å². The maximum Gasteiger partial charge on any atom is 0.233 e. The van der Waals surface area contributed by atoms with Gasteiger partial charge in [0.25, 0.3) is 0 Å². The summed E-state index contributed by atoms with van der Waals surface area (Å²) in [5.74, 6) is 0.409. The van der Waals surface area contributed by atoms with E-state index in [0.717, 1.165) is 25.0 Å². The fourth-order valence-electron chi connectivity index (χ4n) is 4.77. The van der Waals surface area contributed by atoms with Crippen molar-refractivity contribution in [1.29, 1.82) is 0 Å². The Morgan fingerprint density at radius 1 is 0.971 bits per heavy atom. The highest BCUT2D eigenvalue weighted by molar-refractivity contribution is 8.23. The van der Waals surface area contributed by atoms with Gasteiger partial charge in [0.05, 0.1) is 18.1 Å². The minimum Gasteiger partial charge on any atom is -0.392 e. The minimum atomic E-state index is -0.592. The molecular formula is C29H47NO2S2. The molecule has 1 aliphatic heterocycles. The topological polar surface area (TPSA) is 40.5 Å². The average Bonchev–Trinajstić information content (AvgIpc) is 3.21. The van der Waals surface area contributed by atoms with Gasteiger partial charge in [-0.2, -0.15) is 0 Å². The van der Waals surface area contributed by atoms with Gasteiger partial charge >= 0.3 is 0 Å². The molecule has 3 nitrogen and oxygen atoms in total. The number of hydrogen-bond acceptors (Lipinski definition) is 4. The maximum atomic E-state index is 13.2. The molecule has 0 aliphatic carbocycles. The standard InChI is InChI=1S/C29H47NO2S2/c1-3-4-5-6-7-8-9-10-11-12-13-14-18-21-27(31)24(2)28(32)30-26(23-34-29(30)33)22-25-19-16-15-17-20-25/h15-17,19-20,24,26-27,31H,3-14,18,21-23H2,1-2H3/t24-,26-,27+/m0/s1. The molecule has 0 aromatic heterocycles. The van der Waals surface area contributed by atoms with Crippen LogP contribution in [0.4, 0.5) is 0 Å². The summed E-state index contributed by atoms with van der Waals surface area (Å²) in [6.07, 6.45) is 18.0. The molecule has 1 fully saturated rings. The molecular weight excluding hydrogens is 458 g/mol. The predicted octanol–water partition coefficient (Wildman–Crippen LogP) is 7.94. The summed E-state index contributed by atoms with van der Waals surface area (Å²) in [6.45, 7) is 4.13. The molecule has 192 valence electrons. The monoisotopic (exact) mass is 505 g/mol. The normalized spacial score (nSPS) is 17.8. The molecule has 0 saturated carbocycles. The highest BCUT2D eigenvalue weighted by Crippen LogP contribution is 2.29. The number of carbonyl (C=O) groups excluding carboxylic acids is 1. The van der Waals surface area contributed by atoms with E-state index in [4.69, 9.17) is 12.2 Å². The number of hydrogen-bond donors (Lipinski definition) is 1. The number of benzene rings is 1. The first kappa shape index (κ1) is 29.3. The Labute approximate surface area is 218 Å². The van der Waals surface area contributed by atoms with E-state index in [1.165, 1.54) is 76.2 Å². The Hall–Kier alpha value is -0.910. The lowest BCUT2D eigenvalue weighted by molar-refractivity contribution is -0.135. The summed E-state index contributed by atoms with van der Waals surface area (Å²) in [7, 11) is 0. The number of amides is 1. The second-order valence-corrected chi connectivity index (χ2v) is 11.7. The third-order valence-electron chi connectivity index (χ3n) is 7.08. The van der Waals surface area contributed by atoms with Gasteiger partial charge in [0.2, 0.25) is 5.91 Å². The van der Waals surface area contributed by atoms with Gasteiger partial charge < -0.3 is 5.11 Å². The van der Waals surface area contributed by atoms with Crippen molar-refractivity contribution in [3.63, 3.8) is 0 Å². The first-order chi connectivity index (χ1) is 16.5. The largest absolute Gasteiger partial charge is 0.392 e. The molecule has 34 heavy (non-hydrogen) atoms. The lowest BCUT2D eigenvalue weighted by Crippen LogP contribution is -2.45. The van der Waals surface area contributed by atoms with Crippen LogP contribution in [-0.4, -0.2) is 38.1 Å². The molecule has 0 radical (unpaired) electrons. The van der Waals surface area contributed by atoms with Crippen molar-refractivity contribution >= 4 is 34.2 Å². The molecule has 1 heterocycles. The van der Waals surface area contributed by atoms with E-state index in [1.807, 2.05) is 25.1 Å². The van der Waals surface area contributed by atoms with E-state index in [1.54, 1.807) is 16.7 Å². The highest BCUT2D eigenvalue weighted by atomic mass is 32.2. The third kappa shape index (κ3) is 10.8. The van der Waals surface area contributed by atoms with E-state index in [-0.39, 0.29) is 11.9 Å². The summed E-state index contributed by atoms with van der Waals surface area (Å²) in [6, 6.07) is 10.4. The average molecular weight is 506 g/mol. The van der Waals surface area contributed by atoms with E-state index in [0.29, 0.717) is 10.7 Å². The van der Waals surface area contributed by atoms with Gasteiger partial charge in [0.15, 0.2) is 0 Å². The van der Waals surface area contributed by atoms with Crippen LogP contribution in [0.15, 0.2) is 30.3 Å². The van der Waals surface area contributed by atoms with Gasteiger partial charge in [0, 0.05) is 5.75 Å². The molecule has 3 atom stereocenters. The van der Waals surface area contributed by atoms with Crippen molar-refractivity contribution in [3.8, 4) is 0 Å². The quantitative estimate of drug-likeness (QED) is 0.162. The Balaban J connectivity index is 1.58. The van der Waals surface area contributed by atoms with E-state index >= 15 is 0 Å². The van der Waals surface area contributed by atoms with Crippen molar-refractivity contribution in [2.24, 2.45) is 5.92 Å². The summed E-state index contributed by atoms with van der Waals surface area (Å²) < 4.78 is 0.658. The Kier molecular flexibility index (Phi) is 15.1. The van der Waals surface area contributed by atoms with Crippen LogP contribution < -0.4 is 0 Å². The lowest BCUT2D eigenvalue weighted by Gasteiger charge is -2.28. The van der Waals surface area contributed by atoms with Gasteiger partial charge in [-0.25, -0.2) is 0 Å². The molecule has 1 aromatic rings. The number of aliphatic hydroxyl groups excluding tert-OH is 1. The first-order valence-electron chi connectivity index (χ1n) is 13.8. The van der Waals surface area contributed by atoms with Crippen LogP contribution in [0.1, 0.15) is 109 Å². The van der Waals surface area contributed by atoms with Gasteiger partial charge in [-0.3, -0.25) is 9.69 Å². The molecule has 5 heteroatoms. The molecule has 1 saturated heterocycles. The molecule has 1 N–H and O–H groups in total. The van der Waals surface area contributed by atoms with Crippen molar-refractivity contribution in [2.45, 2.75) is 122 Å². The van der Waals surface area contributed by atoms with Crippen LogP contribution in [-0.2, 0) is 11.2 Å². The zero-order valence-corrected chi connectivity index (χ0v) is 23.2. The SMILES string of the molecule is CCCCCCCCCCCCCCC[C@@H](O)[C@H](C)C(=O)N1C(=S)SC[C@@H]1Cc1ccccc1. The smallest absolute Gasteiger partial charge is 0.233 e. The minimum absolute atomic E-state index is 0.0156. The van der Waals surface area contributed by atoms with Gasteiger partial charge in [-0.1, -0.05) is 152 Å². The number of carbonyl (C=O) groups is 1. The summed E-state index contributed by atoms with van der Waals surface area (Å²) in [5.41, 5.74) is 1.22. The Bertz CT molecular complexity index is 697. The fourth-order valence-corrected chi connectivity index (χ4v) is 6.20. The number of rotatable bonds is 18. The molecule has 1 aromatic carbocycles. The van der Waals surface area contributed by atoms with Gasteiger partial charge in [-0.15, -0.1) is 0 Å². The number of unbranched alkanes of at least 4 members (excludes halogenated alkanes) is 12. The lowest BCUT2D eigenvalue weighted by atomic mass is 9.96. The van der Waals surface area contributed by atoms with Crippen molar-refractivity contribution in [3.05, 3.63) is 35.9 Å². The van der Waals surface area contributed by atoms with Crippen LogP contribution in [0.3, 0.4) is 0 Å². The van der Waals surface area contributed by atoms with Crippen molar-refractivity contribution in [1.82, 2.24) is 4.90 Å². The number of thioether (sulfide) groups is 1. The molecule has 1 amide bonds. The Morgan fingerprint density at radius 3 is 2.06 bits per heavy atom. The first-order valence-corrected chi connectivity index (χ1v) is 15.2. The van der Waals surface area contributed by atoms with Crippen molar-refractivity contribution < 1.29 is 9.90 Å². The molecule has 0 unspecified atom stereocenters. The Morgan fingerprint density at radius 2 is 1.50 bits per heavy atom. The molecule has 0 bridgehead atoms. The second-order valence-electron chi connectivity index (χ2n) is 10.0. The molecule has 2 rings (SSSR count).